The van der Waals surface area contributed by atoms with Crippen LogP contribution in [0.3, 0.4) is 0 Å². The lowest BCUT2D eigenvalue weighted by atomic mass is 10.5. The van der Waals surface area contributed by atoms with E-state index >= 15 is 0 Å². The monoisotopic (exact) mass is 237 g/mol. The van der Waals surface area contributed by atoms with E-state index in [1.165, 1.54) is 7.05 Å². The van der Waals surface area contributed by atoms with E-state index in [1.54, 1.807) is 0 Å². The van der Waals surface area contributed by atoms with Gasteiger partial charge in [-0.05, 0) is 15.9 Å². The molecule has 0 radical (unpaired) electrons. The van der Waals surface area contributed by atoms with Gasteiger partial charge in [0.2, 0.25) is 0 Å². The summed E-state index contributed by atoms with van der Waals surface area (Å²) in [6, 6.07) is 0. The quantitative estimate of drug-likeness (QED) is 0.726. The van der Waals surface area contributed by atoms with Crippen molar-refractivity contribution in [2.75, 3.05) is 5.73 Å². The van der Waals surface area contributed by atoms with E-state index in [0.29, 0.717) is 4.60 Å². The molecule has 4 nitrogen and oxygen atoms in total. The number of anilines is 1. The Bertz CT molecular complexity index is 348. The van der Waals surface area contributed by atoms with Gasteiger partial charge in [0.15, 0.2) is 4.60 Å². The summed E-state index contributed by atoms with van der Waals surface area (Å²) in [5.74, 6) is 0. The minimum absolute atomic E-state index is 0.00521. The van der Waals surface area contributed by atoms with E-state index in [1.807, 2.05) is 0 Å². The van der Waals surface area contributed by atoms with Crippen LogP contribution < -0.4 is 11.3 Å². The minimum atomic E-state index is -0.396. The van der Waals surface area contributed by atoms with Crippen LogP contribution >= 0.6 is 27.5 Å². The van der Waals surface area contributed by atoms with Crippen LogP contribution in [-0.4, -0.2) is 9.78 Å². The van der Waals surface area contributed by atoms with Crippen molar-refractivity contribution >= 4 is 33.2 Å². The van der Waals surface area contributed by atoms with Crippen molar-refractivity contribution in [2.24, 2.45) is 7.05 Å². The van der Waals surface area contributed by atoms with Crippen LogP contribution in [0.15, 0.2) is 9.40 Å². The number of rotatable bonds is 0. The predicted molar refractivity (Wildman–Crippen MR) is 46.6 cm³/mol. The fourth-order valence-electron chi connectivity index (χ4n) is 0.579. The second-order valence-corrected chi connectivity index (χ2v) is 3.08. The van der Waals surface area contributed by atoms with Crippen LogP contribution in [0.2, 0.25) is 5.02 Å². The molecule has 0 amide bonds. The zero-order valence-electron chi connectivity index (χ0n) is 5.64. The average Bonchev–Trinajstić information content (AvgIpc) is 1.97. The topological polar surface area (TPSA) is 60.9 Å². The Kier molecular flexibility index (Phi) is 2.20. The Balaban J connectivity index is 3.59. The Morgan fingerprint density at radius 1 is 1.73 bits per heavy atom. The van der Waals surface area contributed by atoms with Gasteiger partial charge in [0.1, 0.15) is 5.02 Å². The van der Waals surface area contributed by atoms with Crippen LogP contribution in [0.4, 0.5) is 5.69 Å². The highest BCUT2D eigenvalue weighted by atomic mass is 79.9. The molecule has 0 aliphatic rings. The molecule has 1 rings (SSSR count). The largest absolute Gasteiger partial charge is 0.395 e. The van der Waals surface area contributed by atoms with Crippen molar-refractivity contribution < 1.29 is 0 Å². The molecule has 0 aliphatic carbocycles. The minimum Gasteiger partial charge on any atom is -0.395 e. The lowest BCUT2D eigenvalue weighted by Gasteiger charge is -2.01. The van der Waals surface area contributed by atoms with Gasteiger partial charge < -0.3 is 5.73 Å². The van der Waals surface area contributed by atoms with Gasteiger partial charge in [-0.15, -0.1) is 0 Å². The van der Waals surface area contributed by atoms with E-state index < -0.39 is 5.56 Å². The first-order valence-electron chi connectivity index (χ1n) is 2.72. The summed E-state index contributed by atoms with van der Waals surface area (Å²) in [4.78, 5) is 11.0. The first kappa shape index (κ1) is 8.55. The van der Waals surface area contributed by atoms with Gasteiger partial charge >= 0.3 is 0 Å². The molecule has 60 valence electrons. The molecule has 0 unspecified atom stereocenters. The molecule has 0 saturated heterocycles. The Hall–Kier alpha value is -0.550. The van der Waals surface area contributed by atoms with Crippen molar-refractivity contribution in [3.8, 4) is 0 Å². The third kappa shape index (κ3) is 1.39. The molecule has 0 bridgehead atoms. The summed E-state index contributed by atoms with van der Waals surface area (Å²) in [6.07, 6.45) is 0. The maximum atomic E-state index is 11.0. The molecule has 2 N–H and O–H groups in total. The highest BCUT2D eigenvalue weighted by molar-refractivity contribution is 9.10. The van der Waals surface area contributed by atoms with Crippen molar-refractivity contribution in [3.05, 3.63) is 20.0 Å². The standard InChI is InChI=1S/C5H5BrClN3O/c1-10-5(11)2(7)3(8)4(6)9-10/h8H2,1H3. The number of nitrogen functional groups attached to an aromatic ring is 1. The number of hydrogen-bond donors (Lipinski definition) is 1. The zero-order valence-corrected chi connectivity index (χ0v) is 7.98. The van der Waals surface area contributed by atoms with Gasteiger partial charge in [-0.2, -0.15) is 5.10 Å². The van der Waals surface area contributed by atoms with Gasteiger partial charge in [-0.3, -0.25) is 4.79 Å². The number of aryl methyl sites for hydroxylation is 1. The second kappa shape index (κ2) is 2.83. The van der Waals surface area contributed by atoms with E-state index in [4.69, 9.17) is 17.3 Å². The average molecular weight is 238 g/mol. The third-order valence-corrected chi connectivity index (χ3v) is 2.13. The third-order valence-electron chi connectivity index (χ3n) is 1.18. The highest BCUT2D eigenvalue weighted by Crippen LogP contribution is 2.20. The first-order valence-corrected chi connectivity index (χ1v) is 3.89. The molecular weight excluding hydrogens is 233 g/mol. The summed E-state index contributed by atoms with van der Waals surface area (Å²) >= 11 is 8.61. The molecule has 0 atom stereocenters. The van der Waals surface area contributed by atoms with Gasteiger partial charge in [-0.25, -0.2) is 4.68 Å². The summed E-state index contributed by atoms with van der Waals surface area (Å²) in [6.45, 7) is 0. The van der Waals surface area contributed by atoms with E-state index in [9.17, 15) is 4.79 Å². The van der Waals surface area contributed by atoms with Gasteiger partial charge in [0.05, 0.1) is 5.69 Å². The molecule has 1 aromatic rings. The normalized spacial score (nSPS) is 10.1. The Morgan fingerprint density at radius 3 is 2.82 bits per heavy atom. The van der Waals surface area contributed by atoms with Crippen LogP contribution in [0.5, 0.6) is 0 Å². The molecule has 11 heavy (non-hydrogen) atoms. The first-order chi connectivity index (χ1) is 5.04. The summed E-state index contributed by atoms with van der Waals surface area (Å²) in [7, 11) is 1.50. The number of halogens is 2. The molecule has 0 aliphatic heterocycles. The van der Waals surface area contributed by atoms with Crippen LogP contribution in [0.1, 0.15) is 0 Å². The van der Waals surface area contributed by atoms with Crippen LogP contribution in [0, 0.1) is 0 Å². The second-order valence-electron chi connectivity index (χ2n) is 1.95. The molecule has 0 saturated carbocycles. The molecule has 6 heteroatoms. The maximum absolute atomic E-state index is 11.0. The number of aromatic nitrogens is 2. The lowest BCUT2D eigenvalue weighted by molar-refractivity contribution is 0.699. The van der Waals surface area contributed by atoms with Crippen molar-refractivity contribution in [1.29, 1.82) is 0 Å². The molecule has 0 spiro atoms. The fraction of sp³-hybridized carbons (Fsp3) is 0.200. The van der Waals surface area contributed by atoms with Gasteiger partial charge in [0, 0.05) is 7.05 Å². The fourth-order valence-corrected chi connectivity index (χ4v) is 1.34. The SMILES string of the molecule is Cn1nc(Br)c(N)c(Cl)c1=O. The van der Waals surface area contributed by atoms with E-state index in [-0.39, 0.29) is 10.7 Å². The molecule has 1 heterocycles. The maximum Gasteiger partial charge on any atom is 0.287 e. The van der Waals surface area contributed by atoms with E-state index in [0.717, 1.165) is 4.68 Å². The lowest BCUT2D eigenvalue weighted by Crippen LogP contribution is -2.21. The highest BCUT2D eigenvalue weighted by Gasteiger charge is 2.08. The molecule has 1 aromatic heterocycles. The molecule has 0 fully saturated rings. The van der Waals surface area contributed by atoms with Crippen LogP contribution in [0.25, 0.3) is 0 Å². The Labute approximate surface area is 76.1 Å². The molecule has 0 aromatic carbocycles. The summed E-state index contributed by atoms with van der Waals surface area (Å²) < 4.78 is 1.49. The van der Waals surface area contributed by atoms with Crippen molar-refractivity contribution in [3.63, 3.8) is 0 Å². The number of nitrogens with zero attached hydrogens (tertiary/aromatic N) is 2. The summed E-state index contributed by atoms with van der Waals surface area (Å²) in [5, 5.41) is 3.74. The summed E-state index contributed by atoms with van der Waals surface area (Å²) in [5.41, 5.74) is 5.18. The smallest absolute Gasteiger partial charge is 0.287 e. The van der Waals surface area contributed by atoms with Gasteiger partial charge in [0.25, 0.3) is 5.56 Å². The number of hydrogen-bond acceptors (Lipinski definition) is 3. The van der Waals surface area contributed by atoms with Crippen molar-refractivity contribution in [2.45, 2.75) is 0 Å². The van der Waals surface area contributed by atoms with E-state index in [2.05, 4.69) is 21.0 Å². The van der Waals surface area contributed by atoms with Crippen LogP contribution in [-0.2, 0) is 7.05 Å². The zero-order chi connectivity index (χ0) is 8.59. The van der Waals surface area contributed by atoms with Gasteiger partial charge in [-0.1, -0.05) is 11.6 Å². The predicted octanol–water partition coefficient (Wildman–Crippen LogP) is 0.778. The van der Waals surface area contributed by atoms with Crippen molar-refractivity contribution in [1.82, 2.24) is 9.78 Å². The molecular formula is C5H5BrClN3O. The Morgan fingerprint density at radius 2 is 2.27 bits per heavy atom. The number of nitrogens with two attached hydrogens (primary N) is 1.